The molecule has 0 aromatic heterocycles. The van der Waals surface area contributed by atoms with Crippen LogP contribution >= 0.6 is 0 Å². The molecule has 8 heteroatoms. The van der Waals surface area contributed by atoms with E-state index >= 15 is 0 Å². The number of carbonyl (C=O) groups is 4. The monoisotopic (exact) mass is 418 g/mol. The molecule has 3 aliphatic rings. The molecule has 2 fully saturated rings. The molecule has 1 saturated heterocycles. The molecule has 0 radical (unpaired) electrons. The fourth-order valence-electron chi connectivity index (χ4n) is 4.72. The van der Waals surface area contributed by atoms with Crippen LogP contribution < -0.4 is 5.32 Å². The molecule has 3 amide bonds. The SMILES string of the molecule is O=C1CCC(N2Cc3cc(CCC(=O)C(F)(F)C4CCCC4)ccc3C2=O)C(=O)N1. The van der Waals surface area contributed by atoms with Crippen molar-refractivity contribution in [1.82, 2.24) is 10.2 Å². The number of rotatable bonds is 6. The Morgan fingerprint density at radius 3 is 2.57 bits per heavy atom. The van der Waals surface area contributed by atoms with Crippen molar-refractivity contribution in [3.05, 3.63) is 34.9 Å². The summed E-state index contributed by atoms with van der Waals surface area (Å²) in [6, 6.07) is 4.35. The Bertz CT molecular complexity index is 908. The van der Waals surface area contributed by atoms with E-state index in [1.165, 1.54) is 4.90 Å². The number of amides is 3. The topological polar surface area (TPSA) is 83.6 Å². The third-order valence-electron chi connectivity index (χ3n) is 6.47. The van der Waals surface area contributed by atoms with Crippen molar-refractivity contribution in [2.24, 2.45) is 5.92 Å². The number of nitrogens with one attached hydrogen (secondary N) is 1. The molecule has 1 unspecified atom stereocenters. The number of hydrogen-bond donors (Lipinski definition) is 1. The van der Waals surface area contributed by atoms with Crippen LogP contribution in [0.4, 0.5) is 8.78 Å². The highest BCUT2D eigenvalue weighted by Crippen LogP contribution is 2.39. The van der Waals surface area contributed by atoms with E-state index in [9.17, 15) is 28.0 Å². The van der Waals surface area contributed by atoms with Gasteiger partial charge in [-0.2, -0.15) is 8.78 Å². The van der Waals surface area contributed by atoms with Gasteiger partial charge in [-0.15, -0.1) is 0 Å². The second-order valence-electron chi connectivity index (χ2n) is 8.42. The minimum Gasteiger partial charge on any atom is -0.322 e. The number of alkyl halides is 2. The van der Waals surface area contributed by atoms with Crippen molar-refractivity contribution in [3.63, 3.8) is 0 Å². The van der Waals surface area contributed by atoms with Crippen LogP contribution in [0.5, 0.6) is 0 Å². The zero-order chi connectivity index (χ0) is 21.5. The zero-order valence-corrected chi connectivity index (χ0v) is 16.6. The van der Waals surface area contributed by atoms with Crippen molar-refractivity contribution >= 4 is 23.5 Å². The van der Waals surface area contributed by atoms with E-state index in [0.717, 1.165) is 12.8 Å². The van der Waals surface area contributed by atoms with Crippen LogP contribution in [-0.4, -0.2) is 40.4 Å². The molecule has 160 valence electrons. The highest BCUT2D eigenvalue weighted by atomic mass is 19.3. The van der Waals surface area contributed by atoms with Crippen LogP contribution in [-0.2, 0) is 27.3 Å². The fraction of sp³-hybridized carbons (Fsp3) is 0.545. The summed E-state index contributed by atoms with van der Waals surface area (Å²) in [5.74, 6) is -6.24. The lowest BCUT2D eigenvalue weighted by Crippen LogP contribution is -2.52. The number of carbonyl (C=O) groups excluding carboxylic acids is 4. The molecule has 1 atom stereocenters. The van der Waals surface area contributed by atoms with E-state index in [-0.39, 0.29) is 44.0 Å². The van der Waals surface area contributed by atoms with Gasteiger partial charge in [0.2, 0.25) is 17.6 Å². The van der Waals surface area contributed by atoms with E-state index in [4.69, 9.17) is 0 Å². The average Bonchev–Trinajstić information content (AvgIpc) is 3.35. The molecule has 2 aliphatic heterocycles. The molecule has 2 heterocycles. The number of aryl methyl sites for hydroxylation is 1. The Labute approximate surface area is 173 Å². The first-order chi connectivity index (χ1) is 14.3. The van der Waals surface area contributed by atoms with Gasteiger partial charge in [-0.3, -0.25) is 24.5 Å². The number of piperidine rings is 1. The molecule has 6 nitrogen and oxygen atoms in total. The Hall–Kier alpha value is -2.64. The van der Waals surface area contributed by atoms with E-state index in [0.29, 0.717) is 29.5 Å². The summed E-state index contributed by atoms with van der Waals surface area (Å²) in [6.07, 6.45) is 2.69. The number of ketones is 1. The maximum Gasteiger partial charge on any atom is 0.308 e. The standard InChI is InChI=1S/C22H24F2N2O4/c23-22(24,15-3-1-2-4-15)18(27)9-6-13-5-7-16-14(11-13)12-26(21(16)30)17-8-10-19(28)25-20(17)29/h5,7,11,15,17H,1-4,6,8-10,12H2,(H,25,28,29). The van der Waals surface area contributed by atoms with E-state index in [2.05, 4.69) is 5.32 Å². The molecule has 1 aromatic carbocycles. The Kier molecular flexibility index (Phi) is 5.42. The van der Waals surface area contributed by atoms with Crippen LogP contribution in [0.3, 0.4) is 0 Å². The number of hydrogen-bond acceptors (Lipinski definition) is 4. The first-order valence-electron chi connectivity index (χ1n) is 10.4. The van der Waals surface area contributed by atoms with Crippen molar-refractivity contribution in [1.29, 1.82) is 0 Å². The van der Waals surface area contributed by atoms with Crippen LogP contribution in [0.1, 0.15) is 66.4 Å². The van der Waals surface area contributed by atoms with Crippen molar-refractivity contribution in [2.45, 2.75) is 69.9 Å². The number of benzene rings is 1. The number of Topliss-reactive ketones (excluding diaryl/α,β-unsaturated/α-hetero) is 1. The highest BCUT2D eigenvalue weighted by molar-refractivity contribution is 6.05. The van der Waals surface area contributed by atoms with Gasteiger partial charge in [0.1, 0.15) is 6.04 Å². The van der Waals surface area contributed by atoms with Gasteiger partial charge < -0.3 is 4.90 Å². The normalized spacial score (nSPS) is 22.4. The third kappa shape index (κ3) is 3.75. The number of nitrogens with zero attached hydrogens (tertiary/aromatic N) is 1. The minimum atomic E-state index is -3.27. The molecule has 4 rings (SSSR count). The lowest BCUT2D eigenvalue weighted by Gasteiger charge is -2.29. The average molecular weight is 418 g/mol. The lowest BCUT2D eigenvalue weighted by molar-refractivity contribution is -0.151. The smallest absolute Gasteiger partial charge is 0.308 e. The molecule has 1 aromatic rings. The fourth-order valence-corrected chi connectivity index (χ4v) is 4.72. The summed E-state index contributed by atoms with van der Waals surface area (Å²) in [5, 5.41) is 2.25. The van der Waals surface area contributed by atoms with Crippen molar-refractivity contribution in [2.75, 3.05) is 0 Å². The van der Waals surface area contributed by atoms with Gasteiger partial charge in [0.05, 0.1) is 0 Å². The van der Waals surface area contributed by atoms with Crippen LogP contribution in [0, 0.1) is 5.92 Å². The first kappa shape index (κ1) is 20.6. The molecule has 1 N–H and O–H groups in total. The molecule has 0 bridgehead atoms. The molecule has 0 spiro atoms. The summed E-state index contributed by atoms with van der Waals surface area (Å²) < 4.78 is 28.7. The summed E-state index contributed by atoms with van der Waals surface area (Å²) in [7, 11) is 0. The summed E-state index contributed by atoms with van der Waals surface area (Å²) in [6.45, 7) is 0.223. The second kappa shape index (κ2) is 7.89. The van der Waals surface area contributed by atoms with Gasteiger partial charge in [0.25, 0.3) is 5.91 Å². The predicted octanol–water partition coefficient (Wildman–Crippen LogP) is 2.77. The lowest BCUT2D eigenvalue weighted by atomic mass is 9.92. The van der Waals surface area contributed by atoms with Crippen molar-refractivity contribution in [3.8, 4) is 0 Å². The van der Waals surface area contributed by atoms with E-state index in [1.54, 1.807) is 18.2 Å². The van der Waals surface area contributed by atoms with Gasteiger partial charge >= 0.3 is 5.92 Å². The summed E-state index contributed by atoms with van der Waals surface area (Å²) >= 11 is 0. The zero-order valence-electron chi connectivity index (χ0n) is 16.6. The second-order valence-corrected chi connectivity index (χ2v) is 8.42. The molecule has 1 saturated carbocycles. The molecular weight excluding hydrogens is 394 g/mol. The maximum absolute atomic E-state index is 14.4. The van der Waals surface area contributed by atoms with E-state index < -0.39 is 29.6 Å². The van der Waals surface area contributed by atoms with Crippen LogP contribution in [0.2, 0.25) is 0 Å². The minimum absolute atomic E-state index is 0.180. The van der Waals surface area contributed by atoms with E-state index in [1.807, 2.05) is 0 Å². The number of halogens is 2. The Morgan fingerprint density at radius 1 is 1.13 bits per heavy atom. The Balaban J connectivity index is 1.41. The van der Waals surface area contributed by atoms with Gasteiger partial charge in [0.15, 0.2) is 0 Å². The Morgan fingerprint density at radius 2 is 1.87 bits per heavy atom. The van der Waals surface area contributed by atoms with Crippen LogP contribution in [0.25, 0.3) is 0 Å². The third-order valence-corrected chi connectivity index (χ3v) is 6.47. The number of fused-ring (bicyclic) bond motifs is 1. The molecule has 30 heavy (non-hydrogen) atoms. The van der Waals surface area contributed by atoms with Crippen LogP contribution in [0.15, 0.2) is 18.2 Å². The van der Waals surface area contributed by atoms with Crippen molar-refractivity contribution < 1.29 is 28.0 Å². The van der Waals surface area contributed by atoms with Gasteiger partial charge in [-0.25, -0.2) is 0 Å². The number of imide groups is 1. The van der Waals surface area contributed by atoms with Gasteiger partial charge in [0, 0.05) is 30.9 Å². The summed E-state index contributed by atoms with van der Waals surface area (Å²) in [4.78, 5) is 49.7. The molecule has 1 aliphatic carbocycles. The quantitative estimate of drug-likeness (QED) is 0.720. The van der Waals surface area contributed by atoms with Gasteiger partial charge in [-0.1, -0.05) is 25.0 Å². The van der Waals surface area contributed by atoms with Gasteiger partial charge in [-0.05, 0) is 42.9 Å². The predicted molar refractivity (Wildman–Crippen MR) is 103 cm³/mol. The maximum atomic E-state index is 14.4. The molecular formula is C22H24F2N2O4. The highest BCUT2D eigenvalue weighted by Gasteiger charge is 2.46. The first-order valence-corrected chi connectivity index (χ1v) is 10.4. The summed E-state index contributed by atoms with van der Waals surface area (Å²) in [5.41, 5.74) is 1.88. The largest absolute Gasteiger partial charge is 0.322 e.